The van der Waals surface area contributed by atoms with Crippen LogP contribution in [0.25, 0.3) is 0 Å². The average Bonchev–Trinajstić information content (AvgIpc) is 2.66. The second-order valence-electron chi connectivity index (χ2n) is 4.22. The van der Waals surface area contributed by atoms with E-state index in [1.54, 1.807) is 0 Å². The van der Waals surface area contributed by atoms with Crippen molar-refractivity contribution in [3.05, 3.63) is 19.2 Å². The molecule has 2 aliphatic rings. The molecule has 1 aromatic heterocycles. The van der Waals surface area contributed by atoms with Gasteiger partial charge in [0.05, 0.1) is 13.1 Å². The Bertz CT molecular complexity index is 444. The Labute approximate surface area is 126 Å². The number of hydrogen-bond acceptors (Lipinski definition) is 3. The van der Waals surface area contributed by atoms with E-state index in [-0.39, 0.29) is 18.3 Å². The molecule has 1 saturated carbocycles. The minimum Gasteiger partial charge on any atom is -0.349 e. The van der Waals surface area contributed by atoms with Gasteiger partial charge in [0.1, 0.15) is 0 Å². The van der Waals surface area contributed by atoms with Crippen LogP contribution in [0.1, 0.15) is 10.4 Å². The largest absolute Gasteiger partial charge is 0.349 e. The Morgan fingerprint density at radius 2 is 2.06 bits per heavy atom. The third kappa shape index (κ3) is 2.56. The van der Waals surface area contributed by atoms with Crippen LogP contribution in [0.15, 0.2) is 13.6 Å². The molecule has 0 spiro atoms. The summed E-state index contributed by atoms with van der Waals surface area (Å²) in [6, 6.07) is 2.25. The first-order chi connectivity index (χ1) is 7.66. The Morgan fingerprint density at radius 1 is 1.41 bits per heavy atom. The highest BCUT2D eigenvalue weighted by molar-refractivity contribution is 9.12. The fourth-order valence-corrected chi connectivity index (χ4v) is 5.15. The van der Waals surface area contributed by atoms with E-state index < -0.39 is 0 Å². The Hall–Kier alpha value is 0.380. The van der Waals surface area contributed by atoms with Crippen LogP contribution in [-0.2, 0) is 0 Å². The summed E-state index contributed by atoms with van der Waals surface area (Å²) in [5, 5.41) is 6.42. The van der Waals surface area contributed by atoms with Crippen molar-refractivity contribution < 1.29 is 4.79 Å². The molecule has 17 heavy (non-hydrogen) atoms. The van der Waals surface area contributed by atoms with Gasteiger partial charge in [-0.1, -0.05) is 0 Å². The maximum absolute atomic E-state index is 12.0. The van der Waals surface area contributed by atoms with Gasteiger partial charge in [0, 0.05) is 19.1 Å². The minimum absolute atomic E-state index is 0. The van der Waals surface area contributed by atoms with Crippen molar-refractivity contribution in [2.75, 3.05) is 13.1 Å². The molecule has 2 N–H and O–H groups in total. The van der Waals surface area contributed by atoms with E-state index in [1.807, 2.05) is 6.07 Å². The highest BCUT2D eigenvalue weighted by Gasteiger charge is 2.53. The molecule has 1 aliphatic heterocycles. The first kappa shape index (κ1) is 13.8. The fourth-order valence-electron chi connectivity index (χ4n) is 2.36. The summed E-state index contributed by atoms with van der Waals surface area (Å²) in [5.41, 5.74) is 0.731. The van der Waals surface area contributed by atoms with E-state index >= 15 is 0 Å². The van der Waals surface area contributed by atoms with Crippen molar-refractivity contribution in [2.45, 2.75) is 6.04 Å². The summed E-state index contributed by atoms with van der Waals surface area (Å²) < 4.78 is 1.86. The molecular weight excluding hydrogens is 391 g/mol. The fraction of sp³-hybridized carbons (Fsp3) is 0.500. The number of piperidine rings is 1. The van der Waals surface area contributed by atoms with Gasteiger partial charge < -0.3 is 10.6 Å². The number of carbonyl (C=O) groups excluding carboxylic acids is 1. The minimum atomic E-state index is 0. The molecule has 1 saturated heterocycles. The van der Waals surface area contributed by atoms with E-state index in [0.717, 1.165) is 26.2 Å². The van der Waals surface area contributed by atoms with Crippen molar-refractivity contribution in [2.24, 2.45) is 11.8 Å². The lowest BCUT2D eigenvalue weighted by atomic mass is 10.3. The summed E-state index contributed by atoms with van der Waals surface area (Å²) in [5.74, 6) is 1.35. The van der Waals surface area contributed by atoms with E-state index in [0.29, 0.717) is 17.9 Å². The second-order valence-corrected chi connectivity index (χ2v) is 7.97. The van der Waals surface area contributed by atoms with Gasteiger partial charge in [-0.3, -0.25) is 4.79 Å². The smallest absolute Gasteiger partial charge is 0.253 e. The number of thiophene rings is 1. The lowest BCUT2D eigenvalue weighted by Crippen LogP contribution is -2.32. The van der Waals surface area contributed by atoms with Gasteiger partial charge in [0.15, 0.2) is 0 Å². The molecule has 0 radical (unpaired) electrons. The molecule has 2 unspecified atom stereocenters. The van der Waals surface area contributed by atoms with E-state index in [1.165, 1.54) is 11.3 Å². The van der Waals surface area contributed by atoms with Gasteiger partial charge in [0.2, 0.25) is 0 Å². The molecule has 94 valence electrons. The maximum Gasteiger partial charge on any atom is 0.253 e. The van der Waals surface area contributed by atoms with E-state index in [9.17, 15) is 4.79 Å². The van der Waals surface area contributed by atoms with Crippen LogP contribution in [-0.4, -0.2) is 25.0 Å². The zero-order valence-corrected chi connectivity index (χ0v) is 13.5. The van der Waals surface area contributed by atoms with Gasteiger partial charge in [-0.15, -0.1) is 23.7 Å². The van der Waals surface area contributed by atoms with Crippen LogP contribution in [0.5, 0.6) is 0 Å². The molecule has 2 heterocycles. The number of halogens is 3. The van der Waals surface area contributed by atoms with Crippen molar-refractivity contribution in [1.29, 1.82) is 0 Å². The Balaban J connectivity index is 0.00000108. The summed E-state index contributed by atoms with van der Waals surface area (Å²) >= 11 is 8.31. The molecule has 2 fully saturated rings. The standard InChI is InChI=1S/C10H10Br2N2OS.ClH/c11-7-1-4(9(12)16-7)10(15)14-8-5-2-13-3-6(5)8;/h1,5-6,8,13H,2-3H2,(H,14,15);1H. The first-order valence-corrected chi connectivity index (χ1v) is 7.53. The monoisotopic (exact) mass is 400 g/mol. The number of fused-ring (bicyclic) bond motifs is 1. The van der Waals surface area contributed by atoms with Gasteiger partial charge in [-0.05, 0) is 49.8 Å². The molecule has 2 atom stereocenters. The number of carbonyl (C=O) groups is 1. The predicted octanol–water partition coefficient (Wildman–Crippen LogP) is 2.64. The summed E-state index contributed by atoms with van der Waals surface area (Å²) in [4.78, 5) is 12.0. The second kappa shape index (κ2) is 5.17. The molecule has 3 nitrogen and oxygen atoms in total. The van der Waals surface area contributed by atoms with Crippen LogP contribution in [0.2, 0.25) is 0 Å². The summed E-state index contributed by atoms with van der Waals surface area (Å²) in [7, 11) is 0. The number of amides is 1. The lowest BCUT2D eigenvalue weighted by Gasteiger charge is -2.06. The molecule has 0 bridgehead atoms. The first-order valence-electron chi connectivity index (χ1n) is 5.13. The average molecular weight is 403 g/mol. The molecular formula is C10H11Br2ClN2OS. The van der Waals surface area contributed by atoms with Gasteiger partial charge in [0.25, 0.3) is 5.91 Å². The predicted molar refractivity (Wildman–Crippen MR) is 78.1 cm³/mol. The Morgan fingerprint density at radius 3 is 2.59 bits per heavy atom. The topological polar surface area (TPSA) is 41.1 Å². The van der Waals surface area contributed by atoms with E-state index in [4.69, 9.17) is 0 Å². The maximum atomic E-state index is 12.0. The SMILES string of the molecule is Cl.O=C(NC1C2CNCC21)c1cc(Br)sc1Br. The van der Waals surface area contributed by atoms with Crippen molar-refractivity contribution in [3.63, 3.8) is 0 Å². The number of rotatable bonds is 2. The van der Waals surface area contributed by atoms with Crippen LogP contribution in [0.3, 0.4) is 0 Å². The van der Waals surface area contributed by atoms with Crippen LogP contribution >= 0.6 is 55.6 Å². The van der Waals surface area contributed by atoms with Crippen molar-refractivity contribution >= 4 is 61.5 Å². The highest BCUT2D eigenvalue weighted by Crippen LogP contribution is 2.42. The van der Waals surface area contributed by atoms with Gasteiger partial charge in [-0.2, -0.15) is 0 Å². The number of hydrogen-bond donors (Lipinski definition) is 2. The van der Waals surface area contributed by atoms with Crippen LogP contribution < -0.4 is 10.6 Å². The van der Waals surface area contributed by atoms with Gasteiger partial charge >= 0.3 is 0 Å². The third-order valence-corrected chi connectivity index (χ3v) is 5.63. The molecule has 1 aliphatic carbocycles. The lowest BCUT2D eigenvalue weighted by molar-refractivity contribution is 0.0946. The normalized spacial score (nSPS) is 29.4. The van der Waals surface area contributed by atoms with Crippen LogP contribution in [0, 0.1) is 11.8 Å². The van der Waals surface area contributed by atoms with Crippen molar-refractivity contribution in [1.82, 2.24) is 10.6 Å². The molecule has 1 amide bonds. The third-order valence-electron chi connectivity index (χ3n) is 3.29. The highest BCUT2D eigenvalue weighted by atomic mass is 79.9. The summed E-state index contributed by atoms with van der Waals surface area (Å²) in [6.45, 7) is 2.09. The van der Waals surface area contributed by atoms with E-state index in [2.05, 4.69) is 42.5 Å². The summed E-state index contributed by atoms with van der Waals surface area (Å²) in [6.07, 6.45) is 0. The number of nitrogens with one attached hydrogen (secondary N) is 2. The Kier molecular flexibility index (Phi) is 4.20. The van der Waals surface area contributed by atoms with Crippen LogP contribution in [0.4, 0.5) is 0 Å². The molecule has 0 aromatic carbocycles. The molecule has 1 aromatic rings. The quantitative estimate of drug-likeness (QED) is 0.799. The zero-order valence-electron chi connectivity index (χ0n) is 8.70. The zero-order chi connectivity index (χ0) is 11.3. The van der Waals surface area contributed by atoms with Gasteiger partial charge in [-0.25, -0.2) is 0 Å². The van der Waals surface area contributed by atoms with Crippen molar-refractivity contribution in [3.8, 4) is 0 Å². The molecule has 7 heteroatoms. The molecule has 3 rings (SSSR count).